The van der Waals surface area contributed by atoms with Crippen molar-refractivity contribution in [2.45, 2.75) is 26.4 Å². The van der Waals surface area contributed by atoms with Crippen LogP contribution in [0.15, 0.2) is 23.4 Å². The van der Waals surface area contributed by atoms with Crippen molar-refractivity contribution in [1.82, 2.24) is 10.2 Å². The Morgan fingerprint density at radius 2 is 2.21 bits per heavy atom. The van der Waals surface area contributed by atoms with E-state index in [4.69, 9.17) is 4.84 Å². The Morgan fingerprint density at radius 3 is 2.83 bits per heavy atom. The van der Waals surface area contributed by atoms with Crippen molar-refractivity contribution < 1.29 is 18.4 Å². The highest BCUT2D eigenvalue weighted by Crippen LogP contribution is 2.24. The molecule has 126 valence electrons. The van der Waals surface area contributed by atoms with Gasteiger partial charge in [-0.25, -0.2) is 8.78 Å². The van der Waals surface area contributed by atoms with Gasteiger partial charge in [-0.3, -0.25) is 9.69 Å². The SMILES string of the molecule is CC(=O)N(CC1CC(c2ccc(F)cc2F)=NO1)c1nnc(C)s1. The van der Waals surface area contributed by atoms with E-state index in [1.165, 1.54) is 35.3 Å². The summed E-state index contributed by atoms with van der Waals surface area (Å²) in [6.45, 7) is 3.44. The summed E-state index contributed by atoms with van der Waals surface area (Å²) in [4.78, 5) is 18.6. The molecule has 0 saturated heterocycles. The molecule has 2 heterocycles. The number of hydrogen-bond donors (Lipinski definition) is 0. The molecule has 1 aliphatic heterocycles. The van der Waals surface area contributed by atoms with E-state index in [2.05, 4.69) is 15.4 Å². The maximum atomic E-state index is 13.8. The number of aryl methyl sites for hydroxylation is 1. The van der Waals surface area contributed by atoms with Crippen LogP contribution in [0.25, 0.3) is 0 Å². The highest BCUT2D eigenvalue weighted by atomic mass is 32.1. The number of benzene rings is 1. The molecule has 0 fully saturated rings. The first-order chi connectivity index (χ1) is 11.4. The van der Waals surface area contributed by atoms with Crippen molar-refractivity contribution in [3.05, 3.63) is 40.4 Å². The lowest BCUT2D eigenvalue weighted by molar-refractivity contribution is -0.117. The van der Waals surface area contributed by atoms with E-state index in [0.717, 1.165) is 11.1 Å². The molecule has 1 aromatic carbocycles. The lowest BCUT2D eigenvalue weighted by Crippen LogP contribution is -2.36. The summed E-state index contributed by atoms with van der Waals surface area (Å²) in [7, 11) is 0. The zero-order valence-corrected chi connectivity index (χ0v) is 13.8. The molecule has 3 rings (SSSR count). The fourth-order valence-electron chi connectivity index (χ4n) is 2.35. The van der Waals surface area contributed by atoms with E-state index < -0.39 is 17.7 Å². The Kier molecular flexibility index (Phi) is 4.52. The number of rotatable bonds is 4. The third kappa shape index (κ3) is 3.40. The van der Waals surface area contributed by atoms with Crippen LogP contribution in [0.2, 0.25) is 0 Å². The van der Waals surface area contributed by atoms with Gasteiger partial charge in [0.05, 0.1) is 12.3 Å². The molecule has 1 unspecified atom stereocenters. The molecule has 0 bridgehead atoms. The van der Waals surface area contributed by atoms with Gasteiger partial charge >= 0.3 is 0 Å². The van der Waals surface area contributed by atoms with Crippen LogP contribution >= 0.6 is 11.3 Å². The van der Waals surface area contributed by atoms with Crippen LogP contribution in [0, 0.1) is 18.6 Å². The maximum absolute atomic E-state index is 13.8. The second kappa shape index (κ2) is 6.60. The summed E-state index contributed by atoms with van der Waals surface area (Å²) in [5, 5.41) is 13.0. The summed E-state index contributed by atoms with van der Waals surface area (Å²) in [6.07, 6.45) is -0.123. The molecule has 2 aromatic rings. The Hall–Kier alpha value is -2.42. The van der Waals surface area contributed by atoms with Crippen LogP contribution in [0.5, 0.6) is 0 Å². The predicted octanol–water partition coefficient (Wildman–Crippen LogP) is 2.67. The second-order valence-corrected chi connectivity index (χ2v) is 6.49. The first-order valence-corrected chi connectivity index (χ1v) is 8.02. The third-order valence-electron chi connectivity index (χ3n) is 3.49. The first-order valence-electron chi connectivity index (χ1n) is 7.20. The molecule has 1 amide bonds. The van der Waals surface area contributed by atoms with Crippen LogP contribution in [0.3, 0.4) is 0 Å². The van der Waals surface area contributed by atoms with E-state index in [1.807, 2.05) is 0 Å². The summed E-state index contributed by atoms with van der Waals surface area (Å²) in [5.41, 5.74) is 0.578. The van der Waals surface area contributed by atoms with Crippen molar-refractivity contribution >= 4 is 28.1 Å². The quantitative estimate of drug-likeness (QED) is 0.848. The number of nitrogens with zero attached hydrogens (tertiary/aromatic N) is 4. The Bertz CT molecular complexity index is 809. The molecule has 9 heteroatoms. The summed E-state index contributed by atoms with van der Waals surface area (Å²) >= 11 is 1.30. The van der Waals surface area contributed by atoms with E-state index in [1.54, 1.807) is 6.92 Å². The smallest absolute Gasteiger partial charge is 0.225 e. The van der Waals surface area contributed by atoms with Crippen LogP contribution in [-0.4, -0.2) is 34.5 Å². The molecule has 0 saturated carbocycles. The van der Waals surface area contributed by atoms with Crippen LogP contribution in [0.4, 0.5) is 13.9 Å². The van der Waals surface area contributed by atoms with Crippen molar-refractivity contribution in [1.29, 1.82) is 0 Å². The second-order valence-electron chi connectivity index (χ2n) is 5.33. The van der Waals surface area contributed by atoms with Crippen LogP contribution in [-0.2, 0) is 9.63 Å². The summed E-state index contributed by atoms with van der Waals surface area (Å²) in [6, 6.07) is 3.29. The predicted molar refractivity (Wildman–Crippen MR) is 85.1 cm³/mol. The first kappa shape index (κ1) is 16.4. The molecule has 0 aliphatic carbocycles. The number of carbonyl (C=O) groups is 1. The molecule has 0 radical (unpaired) electrons. The Labute approximate surface area is 140 Å². The Morgan fingerprint density at radius 1 is 1.42 bits per heavy atom. The maximum Gasteiger partial charge on any atom is 0.225 e. The zero-order valence-electron chi connectivity index (χ0n) is 13.0. The molecule has 1 atom stereocenters. The number of oxime groups is 1. The average Bonchev–Trinajstić information content (AvgIpc) is 3.13. The number of amides is 1. The van der Waals surface area contributed by atoms with Crippen molar-refractivity contribution in [2.75, 3.05) is 11.4 Å². The summed E-state index contributed by atoms with van der Waals surface area (Å²) < 4.78 is 26.8. The standard InChI is InChI=1S/C15H14F2N4O2S/c1-8-18-19-15(24-8)21(9(2)22)7-11-6-14(20-23-11)12-4-3-10(16)5-13(12)17/h3-5,11H,6-7H2,1-2H3. The topological polar surface area (TPSA) is 67.7 Å². The molecule has 1 aliphatic rings. The van der Waals surface area contributed by atoms with Crippen molar-refractivity contribution in [3.8, 4) is 0 Å². The molecule has 0 N–H and O–H groups in total. The van der Waals surface area contributed by atoms with Gasteiger partial charge in [-0.2, -0.15) is 0 Å². The molecule has 24 heavy (non-hydrogen) atoms. The molecule has 0 spiro atoms. The average molecular weight is 352 g/mol. The highest BCUT2D eigenvalue weighted by Gasteiger charge is 2.29. The van der Waals surface area contributed by atoms with E-state index in [9.17, 15) is 13.6 Å². The van der Waals surface area contributed by atoms with E-state index in [0.29, 0.717) is 17.3 Å². The van der Waals surface area contributed by atoms with Gasteiger partial charge in [-0.05, 0) is 19.1 Å². The van der Waals surface area contributed by atoms with Gasteiger partial charge in [0.25, 0.3) is 0 Å². The number of anilines is 1. The number of aromatic nitrogens is 2. The molecular formula is C15H14F2N4O2S. The monoisotopic (exact) mass is 352 g/mol. The van der Waals surface area contributed by atoms with Gasteiger partial charge in [0, 0.05) is 25.0 Å². The van der Waals surface area contributed by atoms with Crippen molar-refractivity contribution in [2.24, 2.45) is 5.16 Å². The zero-order chi connectivity index (χ0) is 17.3. The lowest BCUT2D eigenvalue weighted by atomic mass is 10.0. The number of carbonyl (C=O) groups excluding carboxylic acids is 1. The molecule has 1 aromatic heterocycles. The fraction of sp³-hybridized carbons (Fsp3) is 0.333. The lowest BCUT2D eigenvalue weighted by Gasteiger charge is -2.20. The van der Waals surface area contributed by atoms with Gasteiger partial charge in [0.1, 0.15) is 16.6 Å². The highest BCUT2D eigenvalue weighted by molar-refractivity contribution is 7.15. The van der Waals surface area contributed by atoms with Gasteiger partial charge in [0.15, 0.2) is 6.10 Å². The van der Waals surface area contributed by atoms with E-state index >= 15 is 0 Å². The minimum Gasteiger partial charge on any atom is -0.390 e. The van der Waals surface area contributed by atoms with Crippen LogP contribution < -0.4 is 4.90 Å². The molecule has 6 nitrogen and oxygen atoms in total. The summed E-state index contributed by atoms with van der Waals surface area (Å²) in [5.74, 6) is -1.54. The third-order valence-corrected chi connectivity index (χ3v) is 4.35. The van der Waals surface area contributed by atoms with Gasteiger partial charge in [-0.1, -0.05) is 16.5 Å². The number of hydrogen-bond acceptors (Lipinski definition) is 6. The minimum atomic E-state index is -0.693. The van der Waals surface area contributed by atoms with Gasteiger partial charge < -0.3 is 4.84 Å². The van der Waals surface area contributed by atoms with Gasteiger partial charge in [-0.15, -0.1) is 10.2 Å². The number of halogens is 2. The fourth-order valence-corrected chi connectivity index (χ4v) is 3.09. The van der Waals surface area contributed by atoms with E-state index in [-0.39, 0.29) is 18.0 Å². The van der Waals surface area contributed by atoms with Gasteiger partial charge in [0.2, 0.25) is 11.0 Å². The minimum absolute atomic E-state index is 0.194. The van der Waals surface area contributed by atoms with Crippen LogP contribution in [0.1, 0.15) is 23.9 Å². The normalized spacial score (nSPS) is 16.7. The Balaban J connectivity index is 1.71. The molecular weight excluding hydrogens is 338 g/mol. The van der Waals surface area contributed by atoms with Crippen molar-refractivity contribution in [3.63, 3.8) is 0 Å². The largest absolute Gasteiger partial charge is 0.390 e.